The summed E-state index contributed by atoms with van der Waals surface area (Å²) in [7, 11) is 0. The molecule has 1 aromatic heterocycles. The highest BCUT2D eigenvalue weighted by molar-refractivity contribution is 6.31. The highest BCUT2D eigenvalue weighted by atomic mass is 35.5. The van der Waals surface area contributed by atoms with Gasteiger partial charge in [-0.3, -0.25) is 9.69 Å². The Hall–Kier alpha value is -2.37. The first kappa shape index (κ1) is 17.1. The number of likely N-dealkylation sites (tertiary alicyclic amines) is 1. The zero-order valence-corrected chi connectivity index (χ0v) is 15.1. The van der Waals surface area contributed by atoms with Crippen molar-refractivity contribution in [3.05, 3.63) is 64.5 Å². The lowest BCUT2D eigenvalue weighted by atomic mass is 9.96. The van der Waals surface area contributed by atoms with Crippen molar-refractivity contribution in [2.24, 2.45) is 5.73 Å². The van der Waals surface area contributed by atoms with Gasteiger partial charge in [-0.15, -0.1) is 0 Å². The molecule has 0 bridgehead atoms. The average molecular weight is 370 g/mol. The van der Waals surface area contributed by atoms with E-state index in [9.17, 15) is 4.79 Å². The Morgan fingerprint density at radius 3 is 2.81 bits per heavy atom. The van der Waals surface area contributed by atoms with Crippen molar-refractivity contribution in [3.63, 3.8) is 0 Å². The van der Waals surface area contributed by atoms with Gasteiger partial charge in [0.15, 0.2) is 11.5 Å². The number of rotatable bonds is 4. The Morgan fingerprint density at radius 2 is 2.04 bits per heavy atom. The summed E-state index contributed by atoms with van der Waals surface area (Å²) >= 11 is 6.02. The second-order valence-corrected chi connectivity index (χ2v) is 7.22. The summed E-state index contributed by atoms with van der Waals surface area (Å²) < 4.78 is 5.92. The Bertz CT molecular complexity index is 945. The Balaban J connectivity index is 1.40. The number of primary amides is 1. The van der Waals surface area contributed by atoms with Crippen molar-refractivity contribution in [2.45, 2.75) is 25.3 Å². The number of hydrogen-bond donors (Lipinski definition) is 1. The second-order valence-electron chi connectivity index (χ2n) is 6.78. The first-order valence-electron chi connectivity index (χ1n) is 8.75. The van der Waals surface area contributed by atoms with Crippen molar-refractivity contribution < 1.29 is 9.21 Å². The number of amides is 1. The topological polar surface area (TPSA) is 72.4 Å². The third-order valence-electron chi connectivity index (χ3n) is 4.92. The van der Waals surface area contributed by atoms with Crippen LogP contribution >= 0.6 is 11.6 Å². The van der Waals surface area contributed by atoms with Gasteiger partial charge in [0, 0.05) is 23.0 Å². The van der Waals surface area contributed by atoms with Crippen LogP contribution < -0.4 is 5.73 Å². The molecule has 2 aromatic carbocycles. The maximum Gasteiger partial charge on any atom is 0.248 e. The highest BCUT2D eigenvalue weighted by Crippen LogP contribution is 2.31. The molecule has 1 saturated heterocycles. The van der Waals surface area contributed by atoms with Crippen LogP contribution in [-0.2, 0) is 6.54 Å². The molecule has 1 aliphatic heterocycles. The van der Waals surface area contributed by atoms with E-state index in [0.29, 0.717) is 16.5 Å². The van der Waals surface area contributed by atoms with Crippen molar-refractivity contribution in [2.75, 3.05) is 13.1 Å². The molecule has 5 nitrogen and oxygen atoms in total. The standard InChI is InChI=1S/C20H20ClN3O2/c21-16-4-5-18-17(11-16)23-20(26-18)14-6-8-24(9-7-14)12-13-2-1-3-15(10-13)19(22)25/h1-5,10-11,14H,6-9,12H2,(H2,22,25). The summed E-state index contributed by atoms with van der Waals surface area (Å²) in [4.78, 5) is 18.3. The molecule has 0 unspecified atom stereocenters. The van der Waals surface area contributed by atoms with Crippen LogP contribution in [-0.4, -0.2) is 28.9 Å². The average Bonchev–Trinajstić information content (AvgIpc) is 3.05. The maximum absolute atomic E-state index is 11.3. The van der Waals surface area contributed by atoms with Crippen molar-refractivity contribution in [1.29, 1.82) is 0 Å². The molecule has 1 fully saturated rings. The fourth-order valence-corrected chi connectivity index (χ4v) is 3.68. The molecule has 0 saturated carbocycles. The fourth-order valence-electron chi connectivity index (χ4n) is 3.51. The van der Waals surface area contributed by atoms with Gasteiger partial charge in [-0.2, -0.15) is 0 Å². The summed E-state index contributed by atoms with van der Waals surface area (Å²) in [5.74, 6) is 0.744. The molecule has 3 aromatic rings. The predicted octanol–water partition coefficient (Wildman–Crippen LogP) is 3.96. The normalized spacial score (nSPS) is 16.2. The van der Waals surface area contributed by atoms with E-state index in [1.54, 1.807) is 6.07 Å². The van der Waals surface area contributed by atoms with Crippen LogP contribution in [0.3, 0.4) is 0 Å². The third-order valence-corrected chi connectivity index (χ3v) is 5.16. The van der Waals surface area contributed by atoms with Crippen LogP contribution in [0.2, 0.25) is 5.02 Å². The van der Waals surface area contributed by atoms with E-state index in [1.165, 1.54) is 0 Å². The largest absolute Gasteiger partial charge is 0.440 e. The van der Waals surface area contributed by atoms with Gasteiger partial charge >= 0.3 is 0 Å². The molecule has 1 amide bonds. The summed E-state index contributed by atoms with van der Waals surface area (Å²) in [6.07, 6.45) is 1.99. The number of hydrogen-bond acceptors (Lipinski definition) is 4. The minimum atomic E-state index is -0.387. The van der Waals surface area contributed by atoms with Crippen LogP contribution in [0.5, 0.6) is 0 Å². The second kappa shape index (κ2) is 7.09. The number of halogens is 1. The quantitative estimate of drug-likeness (QED) is 0.755. The predicted molar refractivity (Wildman–Crippen MR) is 101 cm³/mol. The van der Waals surface area contributed by atoms with Gasteiger partial charge < -0.3 is 10.2 Å². The van der Waals surface area contributed by atoms with Crippen molar-refractivity contribution in [3.8, 4) is 0 Å². The molecule has 0 atom stereocenters. The highest BCUT2D eigenvalue weighted by Gasteiger charge is 2.24. The van der Waals surface area contributed by atoms with E-state index in [0.717, 1.165) is 55.0 Å². The van der Waals surface area contributed by atoms with Gasteiger partial charge in [-0.1, -0.05) is 23.7 Å². The number of aromatic nitrogens is 1. The summed E-state index contributed by atoms with van der Waals surface area (Å²) in [6.45, 7) is 2.74. The molecule has 6 heteroatoms. The van der Waals surface area contributed by atoms with Gasteiger partial charge in [-0.25, -0.2) is 4.98 Å². The number of piperidine rings is 1. The van der Waals surface area contributed by atoms with Crippen LogP contribution in [0, 0.1) is 0 Å². The van der Waals surface area contributed by atoms with Gasteiger partial charge in [-0.05, 0) is 61.8 Å². The van der Waals surface area contributed by atoms with Gasteiger partial charge in [0.05, 0.1) is 0 Å². The molecule has 134 valence electrons. The number of nitrogens with two attached hydrogens (primary N) is 1. The molecule has 0 radical (unpaired) electrons. The monoisotopic (exact) mass is 369 g/mol. The van der Waals surface area contributed by atoms with E-state index in [-0.39, 0.29) is 5.91 Å². The lowest BCUT2D eigenvalue weighted by Crippen LogP contribution is -2.32. The zero-order valence-electron chi connectivity index (χ0n) is 14.3. The number of oxazole rings is 1. The molecular weight excluding hydrogens is 350 g/mol. The first-order chi connectivity index (χ1) is 12.6. The van der Waals surface area contributed by atoms with Crippen LogP contribution in [0.25, 0.3) is 11.1 Å². The number of carbonyl (C=O) groups is 1. The van der Waals surface area contributed by atoms with Gasteiger partial charge in [0.2, 0.25) is 5.91 Å². The third kappa shape index (κ3) is 3.59. The molecule has 0 spiro atoms. The minimum Gasteiger partial charge on any atom is -0.440 e. The van der Waals surface area contributed by atoms with Gasteiger partial charge in [0.1, 0.15) is 5.52 Å². The van der Waals surface area contributed by atoms with Crippen molar-refractivity contribution >= 4 is 28.6 Å². The molecular formula is C20H20ClN3O2. The molecule has 1 aliphatic rings. The molecule has 2 N–H and O–H groups in total. The first-order valence-corrected chi connectivity index (χ1v) is 9.13. The van der Waals surface area contributed by atoms with Crippen LogP contribution in [0.4, 0.5) is 0 Å². The van der Waals surface area contributed by atoms with E-state index in [2.05, 4.69) is 9.88 Å². The van der Waals surface area contributed by atoms with E-state index < -0.39 is 0 Å². The summed E-state index contributed by atoms with van der Waals surface area (Å²) in [5.41, 5.74) is 8.63. The maximum atomic E-state index is 11.3. The van der Waals surface area contributed by atoms with E-state index in [1.807, 2.05) is 36.4 Å². The number of fused-ring (bicyclic) bond motifs is 1. The molecule has 4 rings (SSSR count). The lowest BCUT2D eigenvalue weighted by molar-refractivity contribution is 0.1000. The van der Waals surface area contributed by atoms with Crippen LogP contribution in [0.15, 0.2) is 46.9 Å². The SMILES string of the molecule is NC(=O)c1cccc(CN2CCC(c3nc4cc(Cl)ccc4o3)CC2)c1. The number of nitrogens with zero attached hydrogens (tertiary/aromatic N) is 2. The molecule has 2 heterocycles. The summed E-state index contributed by atoms with van der Waals surface area (Å²) in [6, 6.07) is 13.1. The van der Waals surface area contributed by atoms with E-state index in [4.69, 9.17) is 21.8 Å². The molecule has 26 heavy (non-hydrogen) atoms. The Kier molecular flexibility index (Phi) is 4.66. The van der Waals surface area contributed by atoms with Crippen LogP contribution in [0.1, 0.15) is 40.6 Å². The minimum absolute atomic E-state index is 0.328. The van der Waals surface area contributed by atoms with Gasteiger partial charge in [0.25, 0.3) is 0 Å². The molecule has 0 aliphatic carbocycles. The summed E-state index contributed by atoms with van der Waals surface area (Å²) in [5, 5.41) is 0.672. The number of benzene rings is 2. The lowest BCUT2D eigenvalue weighted by Gasteiger charge is -2.30. The fraction of sp³-hybridized carbons (Fsp3) is 0.300. The Labute approximate surface area is 156 Å². The Morgan fingerprint density at radius 1 is 1.23 bits per heavy atom. The zero-order chi connectivity index (χ0) is 18.1. The smallest absolute Gasteiger partial charge is 0.248 e. The van der Waals surface area contributed by atoms with E-state index >= 15 is 0 Å². The number of carbonyl (C=O) groups excluding carboxylic acids is 1. The van der Waals surface area contributed by atoms with Crippen molar-refractivity contribution in [1.82, 2.24) is 9.88 Å².